The lowest BCUT2D eigenvalue weighted by Gasteiger charge is -2.38. The zero-order valence-corrected chi connectivity index (χ0v) is 34.5. The molecule has 1 fully saturated rings. The predicted octanol–water partition coefficient (Wildman–Crippen LogP) is 5.40. The van der Waals surface area contributed by atoms with E-state index in [2.05, 4.69) is 47.7 Å². The van der Waals surface area contributed by atoms with Crippen LogP contribution in [-0.4, -0.2) is 106 Å². The Hall–Kier alpha value is -6.14. The van der Waals surface area contributed by atoms with Gasteiger partial charge in [-0.15, -0.1) is 0 Å². The van der Waals surface area contributed by atoms with Gasteiger partial charge in [0, 0.05) is 37.3 Å². The Kier molecular flexibility index (Phi) is 14.7. The number of benzene rings is 2. The lowest BCUT2D eigenvalue weighted by molar-refractivity contribution is -0.138. The van der Waals surface area contributed by atoms with Crippen LogP contribution in [0.1, 0.15) is 82.8 Å². The number of nitrogens with one attached hydrogen (secondary N) is 5. The van der Waals surface area contributed by atoms with Crippen molar-refractivity contribution >= 4 is 24.0 Å². The molecule has 0 aliphatic carbocycles. The summed E-state index contributed by atoms with van der Waals surface area (Å²) in [6.07, 6.45) is 2.97. The minimum Gasteiger partial charge on any atom is -0.453 e. The number of ether oxygens (including phenoxy) is 2. The fourth-order valence-electron chi connectivity index (χ4n) is 6.81. The van der Waals surface area contributed by atoms with Gasteiger partial charge in [-0.05, 0) is 60.6 Å². The van der Waals surface area contributed by atoms with Gasteiger partial charge in [0.25, 0.3) is 0 Å². The number of H-pyrrole nitrogens is 2. The summed E-state index contributed by atoms with van der Waals surface area (Å²) in [7, 11) is 2.56. The summed E-state index contributed by atoms with van der Waals surface area (Å²) in [4.78, 5) is 70.7. The molecule has 1 saturated heterocycles. The second-order valence-electron chi connectivity index (χ2n) is 14.9. The Morgan fingerprint density at radius 3 is 1.88 bits per heavy atom. The molecule has 1 aliphatic rings. The van der Waals surface area contributed by atoms with Crippen molar-refractivity contribution in [3.05, 3.63) is 83.7 Å². The molecule has 4 atom stereocenters. The summed E-state index contributed by atoms with van der Waals surface area (Å²) < 4.78 is 9.51. The third-order valence-electron chi connectivity index (χ3n) is 10.2. The number of aromatic amines is 2. The fourth-order valence-corrected chi connectivity index (χ4v) is 6.81. The van der Waals surface area contributed by atoms with Crippen molar-refractivity contribution in [2.45, 2.75) is 72.1 Å². The molecule has 0 bridgehead atoms. The number of amides is 4. The maximum Gasteiger partial charge on any atom is 0.407 e. The number of hydrogen-bond acceptors (Lipinski definition) is 9. The van der Waals surface area contributed by atoms with Crippen LogP contribution in [0.15, 0.2) is 60.9 Å². The van der Waals surface area contributed by atoms with E-state index in [1.54, 1.807) is 22.2 Å². The van der Waals surface area contributed by atoms with Crippen molar-refractivity contribution in [1.82, 2.24) is 45.7 Å². The van der Waals surface area contributed by atoms with Crippen molar-refractivity contribution in [3.63, 3.8) is 0 Å². The normalized spacial score (nSPS) is 15.5. The minimum absolute atomic E-state index is 0.132. The maximum absolute atomic E-state index is 13.6. The summed E-state index contributed by atoms with van der Waals surface area (Å²) in [5, 5.41) is 8.72. The lowest BCUT2D eigenvalue weighted by Crippen LogP contribution is -2.57. The zero-order chi connectivity index (χ0) is 41.9. The summed E-state index contributed by atoms with van der Waals surface area (Å²) in [5.41, 5.74) is 5.17. The summed E-state index contributed by atoms with van der Waals surface area (Å²) >= 11 is 0. The van der Waals surface area contributed by atoms with E-state index in [-0.39, 0.29) is 35.7 Å². The largest absolute Gasteiger partial charge is 0.453 e. The molecule has 4 aromatic rings. The fraction of sp³-hybridized carbons (Fsp3) is 0.442. The summed E-state index contributed by atoms with van der Waals surface area (Å²) in [5.74, 6) is 7.13. The van der Waals surface area contributed by atoms with E-state index in [1.165, 1.54) is 14.2 Å². The number of alkyl carbamates (subject to hydrolysis) is 2. The van der Waals surface area contributed by atoms with Crippen molar-refractivity contribution in [2.75, 3.05) is 40.4 Å². The summed E-state index contributed by atoms with van der Waals surface area (Å²) in [6.45, 7) is 13.6. The smallest absolute Gasteiger partial charge is 0.407 e. The molecule has 0 spiro atoms. The minimum atomic E-state index is -0.730. The maximum atomic E-state index is 13.6. The second kappa shape index (κ2) is 19.8. The third-order valence-corrected chi connectivity index (χ3v) is 10.2. The molecule has 15 heteroatoms. The zero-order valence-electron chi connectivity index (χ0n) is 34.5. The van der Waals surface area contributed by atoms with Crippen LogP contribution in [0.25, 0.3) is 22.5 Å². The first-order chi connectivity index (χ1) is 27.8. The van der Waals surface area contributed by atoms with Gasteiger partial charge in [-0.25, -0.2) is 19.6 Å². The molecule has 0 radical (unpaired) electrons. The number of nitrogens with zero attached hydrogens (tertiary/aromatic N) is 4. The Morgan fingerprint density at radius 1 is 0.810 bits per heavy atom. The topological polar surface area (TPSA) is 187 Å². The van der Waals surface area contributed by atoms with E-state index in [4.69, 9.17) is 9.47 Å². The van der Waals surface area contributed by atoms with Gasteiger partial charge < -0.3 is 45.2 Å². The van der Waals surface area contributed by atoms with Crippen LogP contribution in [-0.2, 0) is 19.1 Å². The van der Waals surface area contributed by atoms with Gasteiger partial charge in [0.05, 0.1) is 44.0 Å². The molecule has 0 saturated carbocycles. The van der Waals surface area contributed by atoms with Crippen LogP contribution in [0.3, 0.4) is 0 Å². The average Bonchev–Trinajstić information content (AvgIpc) is 3.94. The van der Waals surface area contributed by atoms with Gasteiger partial charge in [0.2, 0.25) is 11.8 Å². The van der Waals surface area contributed by atoms with Gasteiger partial charge >= 0.3 is 12.2 Å². The molecule has 2 aromatic heterocycles. The molecule has 1 aliphatic heterocycles. The van der Waals surface area contributed by atoms with E-state index in [9.17, 15) is 19.2 Å². The molecular formula is C43H55N9O6. The van der Waals surface area contributed by atoms with Gasteiger partial charge in [0.15, 0.2) is 0 Å². The van der Waals surface area contributed by atoms with E-state index >= 15 is 0 Å². The molecule has 5 rings (SSSR count). The van der Waals surface area contributed by atoms with Crippen molar-refractivity contribution in [1.29, 1.82) is 0 Å². The van der Waals surface area contributed by atoms with Crippen LogP contribution < -0.4 is 16.0 Å². The van der Waals surface area contributed by atoms with Crippen LogP contribution >= 0.6 is 0 Å². The van der Waals surface area contributed by atoms with Gasteiger partial charge in [0.1, 0.15) is 29.8 Å². The van der Waals surface area contributed by atoms with E-state index < -0.39 is 24.3 Å². The Morgan fingerprint density at radius 2 is 1.34 bits per heavy atom. The monoisotopic (exact) mass is 793 g/mol. The highest BCUT2D eigenvalue weighted by Gasteiger charge is 2.36. The standard InChI is InChI=1S/C43H55N9O6/c1-9-21-51(40(53)36(26(2)3)49-42(55)57-7)28(6)38-45-23-33(47-38)31-16-12-29(13-17-31)10-11-30-14-18-32(19-15-30)34-24-46-39(48-34)35-25-44-20-22-52(35)41(54)37(27(4)5)50-43(56)58-8/h12-19,23-24,26-28,35-37,44H,9,20-22,25H2,1-8H3,(H,45,47)(H,46,48)(H,49,55)(H,50,56). The Labute approximate surface area is 340 Å². The van der Waals surface area contributed by atoms with E-state index in [0.717, 1.165) is 40.1 Å². The van der Waals surface area contributed by atoms with E-state index in [0.29, 0.717) is 37.8 Å². The number of rotatable bonds is 13. The SMILES string of the molecule is CCCN(C(=O)C(NC(=O)OC)C(C)C)C(C)c1ncc(-c2ccc(C#Cc3ccc(-c4cnc(C5CNCCN5C(=O)C(NC(=O)OC)C(C)C)[nH]4)cc3)cc2)[nH]1. The van der Waals surface area contributed by atoms with Crippen LogP contribution in [0.5, 0.6) is 0 Å². The number of piperazine rings is 1. The number of carbonyl (C=O) groups is 4. The molecule has 58 heavy (non-hydrogen) atoms. The first-order valence-corrected chi connectivity index (χ1v) is 19.7. The van der Waals surface area contributed by atoms with Gasteiger partial charge in [-0.2, -0.15) is 0 Å². The molecule has 3 heterocycles. The Balaban J connectivity index is 1.23. The van der Waals surface area contributed by atoms with Crippen LogP contribution in [0, 0.1) is 23.7 Å². The molecule has 4 amide bonds. The highest BCUT2D eigenvalue weighted by atomic mass is 16.5. The average molecular weight is 794 g/mol. The van der Waals surface area contributed by atoms with Gasteiger partial charge in [-0.1, -0.05) is 70.7 Å². The summed E-state index contributed by atoms with van der Waals surface area (Å²) in [6, 6.07) is 13.6. The Bertz CT molecular complexity index is 2080. The molecular weight excluding hydrogens is 739 g/mol. The van der Waals surface area contributed by atoms with Crippen molar-refractivity contribution in [2.24, 2.45) is 11.8 Å². The van der Waals surface area contributed by atoms with Crippen molar-refractivity contribution < 1.29 is 28.7 Å². The number of imidazole rings is 2. The molecule has 4 unspecified atom stereocenters. The quantitative estimate of drug-likeness (QED) is 0.111. The molecule has 5 N–H and O–H groups in total. The van der Waals surface area contributed by atoms with Crippen LogP contribution in [0.4, 0.5) is 9.59 Å². The molecule has 15 nitrogen and oxygen atoms in total. The number of aromatic nitrogens is 4. The van der Waals surface area contributed by atoms with Gasteiger partial charge in [-0.3, -0.25) is 9.59 Å². The van der Waals surface area contributed by atoms with Crippen molar-refractivity contribution in [3.8, 4) is 34.4 Å². The number of carbonyl (C=O) groups excluding carboxylic acids is 4. The molecule has 2 aromatic carbocycles. The lowest BCUT2D eigenvalue weighted by atomic mass is 10.0. The number of methoxy groups -OCH3 is 2. The van der Waals surface area contributed by atoms with Crippen LogP contribution in [0.2, 0.25) is 0 Å². The predicted molar refractivity (Wildman–Crippen MR) is 220 cm³/mol. The number of hydrogen-bond donors (Lipinski definition) is 5. The first-order valence-electron chi connectivity index (χ1n) is 19.7. The second-order valence-corrected chi connectivity index (χ2v) is 14.9. The van der Waals surface area contributed by atoms with E-state index in [1.807, 2.05) is 90.1 Å². The molecule has 308 valence electrons. The highest BCUT2D eigenvalue weighted by Crippen LogP contribution is 2.27. The third kappa shape index (κ3) is 10.4. The first kappa shape index (κ1) is 43.0. The highest BCUT2D eigenvalue weighted by molar-refractivity contribution is 5.87.